The second-order valence-electron chi connectivity index (χ2n) is 4.46. The molecule has 0 N–H and O–H groups in total. The van der Waals surface area contributed by atoms with Gasteiger partial charge in [-0.1, -0.05) is 6.07 Å². The highest BCUT2D eigenvalue weighted by atomic mass is 35.5. The zero-order chi connectivity index (χ0) is 13.4. The van der Waals surface area contributed by atoms with Crippen LogP contribution in [0.1, 0.15) is 39.6 Å². The van der Waals surface area contributed by atoms with E-state index in [0.717, 1.165) is 22.3 Å². The van der Waals surface area contributed by atoms with Crippen molar-refractivity contribution in [1.82, 2.24) is 0 Å². The highest BCUT2D eigenvalue weighted by molar-refractivity contribution is 6.21. The molecule has 0 nitrogen and oxygen atoms in total. The molecule has 4 heteroatoms. The molecular weight excluding hydrogens is 249 g/mol. The van der Waals surface area contributed by atoms with E-state index in [0.29, 0.717) is 5.56 Å². The van der Waals surface area contributed by atoms with E-state index < -0.39 is 18.0 Å². The van der Waals surface area contributed by atoms with Crippen LogP contribution in [0.4, 0.5) is 13.2 Å². The molecule has 0 aromatic heterocycles. The molecule has 96 valence electrons. The SMILES string of the molecule is Cc1cc(C)c(C)c(C(Cl)CC(F)(F)F)c1C. The van der Waals surface area contributed by atoms with Gasteiger partial charge >= 0.3 is 6.18 Å². The van der Waals surface area contributed by atoms with Crippen LogP contribution < -0.4 is 0 Å². The Labute approximate surface area is 105 Å². The molecule has 0 spiro atoms. The van der Waals surface area contributed by atoms with E-state index in [1.807, 2.05) is 33.8 Å². The molecule has 1 unspecified atom stereocenters. The lowest BCUT2D eigenvalue weighted by molar-refractivity contribution is -0.134. The lowest BCUT2D eigenvalue weighted by Gasteiger charge is -2.20. The third kappa shape index (κ3) is 3.38. The first-order valence-electron chi connectivity index (χ1n) is 5.41. The molecule has 17 heavy (non-hydrogen) atoms. The Kier molecular flexibility index (Phi) is 4.13. The molecule has 1 rings (SSSR count). The Morgan fingerprint density at radius 1 is 1.06 bits per heavy atom. The maximum atomic E-state index is 12.4. The third-order valence-corrected chi connectivity index (χ3v) is 3.52. The molecule has 0 aliphatic heterocycles. The van der Waals surface area contributed by atoms with Gasteiger partial charge in [-0.25, -0.2) is 0 Å². The topological polar surface area (TPSA) is 0 Å². The molecule has 0 radical (unpaired) electrons. The second-order valence-corrected chi connectivity index (χ2v) is 4.99. The molecule has 1 aromatic carbocycles. The lowest BCUT2D eigenvalue weighted by atomic mass is 9.91. The fourth-order valence-electron chi connectivity index (χ4n) is 2.02. The van der Waals surface area contributed by atoms with Crippen molar-refractivity contribution in [3.8, 4) is 0 Å². The molecule has 0 heterocycles. The average molecular weight is 265 g/mol. The zero-order valence-corrected chi connectivity index (χ0v) is 11.1. The van der Waals surface area contributed by atoms with Crippen molar-refractivity contribution >= 4 is 11.6 Å². The molecular formula is C13H16ClF3. The van der Waals surface area contributed by atoms with Crippen LogP contribution in [-0.4, -0.2) is 6.18 Å². The first kappa shape index (κ1) is 14.4. The van der Waals surface area contributed by atoms with E-state index in [-0.39, 0.29) is 0 Å². The molecule has 0 saturated carbocycles. The largest absolute Gasteiger partial charge is 0.390 e. The van der Waals surface area contributed by atoms with Gasteiger partial charge in [-0.3, -0.25) is 0 Å². The molecule has 0 amide bonds. The zero-order valence-electron chi connectivity index (χ0n) is 10.4. The van der Waals surface area contributed by atoms with Crippen LogP contribution in [0.2, 0.25) is 0 Å². The van der Waals surface area contributed by atoms with Crippen molar-refractivity contribution in [2.45, 2.75) is 45.7 Å². The van der Waals surface area contributed by atoms with Gasteiger partial charge in [0.25, 0.3) is 0 Å². The minimum atomic E-state index is -4.23. The highest BCUT2D eigenvalue weighted by Gasteiger charge is 2.33. The van der Waals surface area contributed by atoms with Gasteiger partial charge in [0.2, 0.25) is 0 Å². The van der Waals surface area contributed by atoms with Gasteiger partial charge in [-0.2, -0.15) is 13.2 Å². The average Bonchev–Trinajstić information content (AvgIpc) is 2.12. The number of alkyl halides is 4. The van der Waals surface area contributed by atoms with E-state index >= 15 is 0 Å². The quantitative estimate of drug-likeness (QED) is 0.648. The monoisotopic (exact) mass is 264 g/mol. The van der Waals surface area contributed by atoms with Crippen molar-refractivity contribution in [3.63, 3.8) is 0 Å². The summed E-state index contributed by atoms with van der Waals surface area (Å²) in [6.07, 6.45) is -5.22. The lowest BCUT2D eigenvalue weighted by Crippen LogP contribution is -2.13. The molecule has 0 bridgehead atoms. The number of aryl methyl sites for hydroxylation is 2. The normalized spacial score (nSPS) is 13.9. The Balaban J connectivity index is 3.21. The number of halogens is 4. The van der Waals surface area contributed by atoms with Crippen LogP contribution in [0, 0.1) is 27.7 Å². The predicted molar refractivity (Wildman–Crippen MR) is 64.7 cm³/mol. The number of hydrogen-bond acceptors (Lipinski definition) is 0. The van der Waals surface area contributed by atoms with Crippen molar-refractivity contribution < 1.29 is 13.2 Å². The van der Waals surface area contributed by atoms with Crippen LogP contribution >= 0.6 is 11.6 Å². The highest BCUT2D eigenvalue weighted by Crippen LogP contribution is 2.38. The molecule has 0 aliphatic carbocycles. The van der Waals surface area contributed by atoms with Crippen molar-refractivity contribution in [2.75, 3.05) is 0 Å². The van der Waals surface area contributed by atoms with Crippen LogP contribution in [0.3, 0.4) is 0 Å². The van der Waals surface area contributed by atoms with E-state index in [1.165, 1.54) is 0 Å². The van der Waals surface area contributed by atoms with E-state index in [4.69, 9.17) is 11.6 Å². The number of hydrogen-bond donors (Lipinski definition) is 0. The van der Waals surface area contributed by atoms with Gasteiger partial charge in [0.15, 0.2) is 0 Å². The molecule has 1 aromatic rings. The summed E-state index contributed by atoms with van der Waals surface area (Å²) in [6, 6.07) is 1.98. The first-order valence-corrected chi connectivity index (χ1v) is 5.85. The van der Waals surface area contributed by atoms with Crippen LogP contribution in [-0.2, 0) is 0 Å². The number of rotatable bonds is 2. The summed E-state index contributed by atoms with van der Waals surface area (Å²) in [7, 11) is 0. The summed E-state index contributed by atoms with van der Waals surface area (Å²) in [5.74, 6) is 0. The Morgan fingerprint density at radius 3 is 1.82 bits per heavy atom. The molecule has 0 saturated heterocycles. The third-order valence-electron chi connectivity index (χ3n) is 3.15. The fourth-order valence-corrected chi connectivity index (χ4v) is 2.52. The van der Waals surface area contributed by atoms with Gasteiger partial charge in [0, 0.05) is 0 Å². The van der Waals surface area contributed by atoms with Gasteiger partial charge in [0.05, 0.1) is 11.8 Å². The first-order chi connectivity index (χ1) is 7.63. The maximum absolute atomic E-state index is 12.4. The van der Waals surface area contributed by atoms with Crippen LogP contribution in [0.15, 0.2) is 6.07 Å². The Morgan fingerprint density at radius 2 is 1.47 bits per heavy atom. The Bertz CT molecular complexity index is 395. The van der Waals surface area contributed by atoms with E-state index in [2.05, 4.69) is 0 Å². The van der Waals surface area contributed by atoms with Gasteiger partial charge in [-0.05, 0) is 55.5 Å². The molecule has 0 fully saturated rings. The van der Waals surface area contributed by atoms with Crippen LogP contribution in [0.25, 0.3) is 0 Å². The predicted octanol–water partition coefficient (Wildman–Crippen LogP) is 5.15. The van der Waals surface area contributed by atoms with E-state index in [9.17, 15) is 13.2 Å². The van der Waals surface area contributed by atoms with Crippen molar-refractivity contribution in [1.29, 1.82) is 0 Å². The summed E-state index contributed by atoms with van der Waals surface area (Å²) >= 11 is 5.93. The fraction of sp³-hybridized carbons (Fsp3) is 0.538. The Hall–Kier alpha value is -0.700. The van der Waals surface area contributed by atoms with Crippen molar-refractivity contribution in [2.24, 2.45) is 0 Å². The molecule has 0 aliphatic rings. The van der Waals surface area contributed by atoms with Gasteiger partial charge in [-0.15, -0.1) is 11.6 Å². The minimum Gasteiger partial charge on any atom is -0.171 e. The van der Waals surface area contributed by atoms with Crippen LogP contribution in [0.5, 0.6) is 0 Å². The van der Waals surface area contributed by atoms with Gasteiger partial charge in [0.1, 0.15) is 0 Å². The van der Waals surface area contributed by atoms with E-state index in [1.54, 1.807) is 0 Å². The standard InChI is InChI=1S/C13H16ClF3/c1-7-5-8(2)10(4)12(9(7)3)11(14)6-13(15,16)17/h5,11H,6H2,1-4H3. The maximum Gasteiger partial charge on any atom is 0.390 e. The smallest absolute Gasteiger partial charge is 0.171 e. The van der Waals surface area contributed by atoms with Gasteiger partial charge < -0.3 is 0 Å². The summed E-state index contributed by atoms with van der Waals surface area (Å²) in [4.78, 5) is 0. The summed E-state index contributed by atoms with van der Waals surface area (Å²) in [5, 5.41) is -1.01. The second kappa shape index (κ2) is 4.89. The summed E-state index contributed by atoms with van der Waals surface area (Å²) in [5.41, 5.74) is 4.31. The molecule has 1 atom stereocenters. The number of benzene rings is 1. The van der Waals surface area contributed by atoms with Crippen molar-refractivity contribution in [3.05, 3.63) is 33.9 Å². The minimum absolute atomic E-state index is 0.626. The summed E-state index contributed by atoms with van der Waals surface area (Å²) < 4.78 is 37.1. The summed E-state index contributed by atoms with van der Waals surface area (Å²) in [6.45, 7) is 7.43.